The molecule has 3 N–H and O–H groups in total. The van der Waals surface area contributed by atoms with E-state index >= 15 is 0 Å². The van der Waals surface area contributed by atoms with Crippen molar-refractivity contribution in [3.8, 4) is 5.75 Å². The lowest BCUT2D eigenvalue weighted by atomic mass is 10.2. The highest BCUT2D eigenvalue weighted by molar-refractivity contribution is 5.98. The predicted molar refractivity (Wildman–Crippen MR) is 91.1 cm³/mol. The van der Waals surface area contributed by atoms with E-state index < -0.39 is 17.7 Å². The van der Waals surface area contributed by atoms with Crippen LogP contribution in [0.5, 0.6) is 5.75 Å². The van der Waals surface area contributed by atoms with Crippen LogP contribution in [0.2, 0.25) is 0 Å². The van der Waals surface area contributed by atoms with Crippen LogP contribution in [0.3, 0.4) is 0 Å². The Labute approximate surface area is 144 Å². The maximum absolute atomic E-state index is 14.4. The molecule has 1 aromatic heterocycles. The van der Waals surface area contributed by atoms with Crippen LogP contribution in [-0.4, -0.2) is 17.5 Å². The fraction of sp³-hybridized carbons (Fsp3) is 0.222. The quantitative estimate of drug-likeness (QED) is 0.595. The number of ether oxygens (including phenoxy) is 1. The zero-order chi connectivity index (χ0) is 18.2. The van der Waals surface area contributed by atoms with E-state index in [2.05, 4.69) is 10.3 Å². The van der Waals surface area contributed by atoms with Crippen molar-refractivity contribution in [2.24, 2.45) is 0 Å². The zero-order valence-corrected chi connectivity index (χ0v) is 13.8. The molecule has 1 amide bonds. The molecule has 5 nitrogen and oxygen atoms in total. The molecule has 0 saturated carbocycles. The van der Waals surface area contributed by atoms with E-state index in [4.69, 9.17) is 10.5 Å². The molecule has 0 radical (unpaired) electrons. The number of carbonyl (C=O) groups excluding carboxylic acids is 1. The number of carbonyl (C=O) groups is 1. The number of nitrogen functional groups attached to an aromatic ring is 1. The maximum atomic E-state index is 14.4. The number of benzene rings is 1. The molecule has 2 rings (SSSR count). The van der Waals surface area contributed by atoms with Crippen molar-refractivity contribution in [1.29, 1.82) is 0 Å². The Morgan fingerprint density at radius 3 is 2.80 bits per heavy atom. The van der Waals surface area contributed by atoms with E-state index in [1.165, 1.54) is 18.2 Å². The summed E-state index contributed by atoms with van der Waals surface area (Å²) in [6.45, 7) is 2.19. The zero-order valence-electron chi connectivity index (χ0n) is 13.8. The topological polar surface area (TPSA) is 77.2 Å². The first-order valence-corrected chi connectivity index (χ1v) is 7.78. The molecule has 1 heterocycles. The highest BCUT2D eigenvalue weighted by atomic mass is 19.1. The van der Waals surface area contributed by atoms with Crippen molar-refractivity contribution in [3.63, 3.8) is 0 Å². The number of rotatable bonds is 7. The van der Waals surface area contributed by atoms with Gasteiger partial charge in [-0.15, -0.1) is 0 Å². The van der Waals surface area contributed by atoms with Crippen molar-refractivity contribution in [2.45, 2.75) is 19.9 Å². The largest absolute Gasteiger partial charge is 0.486 e. The first-order chi connectivity index (χ1) is 12.0. The summed E-state index contributed by atoms with van der Waals surface area (Å²) in [4.78, 5) is 15.5. The minimum Gasteiger partial charge on any atom is -0.486 e. The minimum atomic E-state index is -0.776. The first-order valence-electron chi connectivity index (χ1n) is 7.78. The average Bonchev–Trinajstić information content (AvgIpc) is 2.58. The number of amides is 1. The molecular weight excluding hydrogens is 328 g/mol. The van der Waals surface area contributed by atoms with E-state index in [0.717, 1.165) is 12.5 Å². The second-order valence-corrected chi connectivity index (χ2v) is 5.17. The number of halogens is 2. The number of nitrogens with one attached hydrogen (secondary N) is 1. The number of aromatic nitrogens is 1. The summed E-state index contributed by atoms with van der Waals surface area (Å²) in [5, 5.41) is 2.53. The average molecular weight is 347 g/mol. The van der Waals surface area contributed by atoms with E-state index in [1.807, 2.05) is 13.0 Å². The summed E-state index contributed by atoms with van der Waals surface area (Å²) in [5.41, 5.74) is 5.80. The number of hydrogen-bond donors (Lipinski definition) is 2. The summed E-state index contributed by atoms with van der Waals surface area (Å²) in [6, 6.07) is 6.95. The van der Waals surface area contributed by atoms with Crippen LogP contribution in [0.15, 0.2) is 42.5 Å². The Morgan fingerprint density at radius 1 is 1.28 bits per heavy atom. The van der Waals surface area contributed by atoms with Gasteiger partial charge in [-0.25, -0.2) is 9.37 Å². The number of nitrogens with two attached hydrogens (primary N) is 1. The van der Waals surface area contributed by atoms with Crippen molar-refractivity contribution in [1.82, 2.24) is 10.3 Å². The molecule has 0 aliphatic carbocycles. The molecule has 2 aromatic rings. The van der Waals surface area contributed by atoms with Crippen LogP contribution in [0.1, 0.15) is 29.3 Å². The lowest BCUT2D eigenvalue weighted by molar-refractivity contribution is 0.0951. The fourth-order valence-electron chi connectivity index (χ4n) is 2.09. The van der Waals surface area contributed by atoms with Crippen molar-refractivity contribution in [3.05, 3.63) is 65.4 Å². The molecule has 0 atom stereocenters. The van der Waals surface area contributed by atoms with Crippen LogP contribution in [0, 0.1) is 11.8 Å². The number of hydrogen-bond acceptors (Lipinski definition) is 4. The van der Waals surface area contributed by atoms with Gasteiger partial charge in [0.2, 0.25) is 5.95 Å². The van der Waals surface area contributed by atoms with Crippen LogP contribution in [-0.2, 0) is 6.54 Å². The van der Waals surface area contributed by atoms with Gasteiger partial charge in [-0.1, -0.05) is 31.2 Å². The molecule has 0 aliphatic rings. The van der Waals surface area contributed by atoms with E-state index in [1.54, 1.807) is 12.1 Å². The third kappa shape index (κ3) is 5.00. The Hall–Kier alpha value is -2.96. The van der Waals surface area contributed by atoms with Gasteiger partial charge in [-0.2, -0.15) is 4.39 Å². The fourth-order valence-corrected chi connectivity index (χ4v) is 2.09. The molecule has 0 spiro atoms. The number of allylic oxidation sites excluding steroid dienone is 1. The van der Waals surface area contributed by atoms with Crippen LogP contribution < -0.4 is 15.8 Å². The molecule has 132 valence electrons. The Morgan fingerprint density at radius 2 is 2.08 bits per heavy atom. The Bertz CT molecular complexity index is 779. The molecule has 25 heavy (non-hydrogen) atoms. The van der Waals surface area contributed by atoms with Crippen molar-refractivity contribution >= 4 is 11.7 Å². The lowest BCUT2D eigenvalue weighted by Crippen LogP contribution is -2.24. The molecule has 1 aromatic carbocycles. The Balaban J connectivity index is 2.02. The third-order valence-electron chi connectivity index (χ3n) is 3.36. The summed E-state index contributed by atoms with van der Waals surface area (Å²) < 4.78 is 32.7. The van der Waals surface area contributed by atoms with Crippen LogP contribution in [0.4, 0.5) is 14.6 Å². The highest BCUT2D eigenvalue weighted by Gasteiger charge is 2.14. The van der Waals surface area contributed by atoms with E-state index in [-0.39, 0.29) is 35.8 Å². The van der Waals surface area contributed by atoms with Gasteiger partial charge >= 0.3 is 0 Å². The maximum Gasteiger partial charge on any atom is 0.255 e. The smallest absolute Gasteiger partial charge is 0.255 e. The summed E-state index contributed by atoms with van der Waals surface area (Å²) in [6.07, 6.45) is 4.60. The van der Waals surface area contributed by atoms with Gasteiger partial charge in [0.25, 0.3) is 5.91 Å². The Kier molecular flexibility index (Phi) is 6.45. The third-order valence-corrected chi connectivity index (χ3v) is 3.36. The lowest BCUT2D eigenvalue weighted by Gasteiger charge is -2.10. The first kappa shape index (κ1) is 18.4. The van der Waals surface area contributed by atoms with Gasteiger partial charge in [-0.3, -0.25) is 4.79 Å². The molecule has 0 unspecified atom stereocenters. The molecule has 0 fully saturated rings. The number of pyridine rings is 1. The molecule has 7 heteroatoms. The van der Waals surface area contributed by atoms with E-state index in [0.29, 0.717) is 0 Å². The van der Waals surface area contributed by atoms with Gasteiger partial charge in [0.1, 0.15) is 12.4 Å². The number of nitrogens with zero attached hydrogens (tertiary/aromatic N) is 1. The van der Waals surface area contributed by atoms with Gasteiger partial charge in [-0.05, 0) is 24.6 Å². The van der Waals surface area contributed by atoms with Crippen LogP contribution in [0.25, 0.3) is 0 Å². The normalized spacial score (nSPS) is 10.8. The SMILES string of the molecule is CCC=CCOc1cccc(CNC(=O)c2ccc(F)nc2N)c1F. The van der Waals surface area contributed by atoms with Crippen LogP contribution >= 0.6 is 0 Å². The summed E-state index contributed by atoms with van der Waals surface area (Å²) in [7, 11) is 0. The van der Waals surface area contributed by atoms with Crippen molar-refractivity contribution in [2.75, 3.05) is 12.3 Å². The van der Waals surface area contributed by atoms with Gasteiger partial charge in [0, 0.05) is 12.1 Å². The predicted octanol–water partition coefficient (Wildman–Crippen LogP) is 3.22. The minimum absolute atomic E-state index is 0.0268. The van der Waals surface area contributed by atoms with Gasteiger partial charge in [0.05, 0.1) is 5.56 Å². The van der Waals surface area contributed by atoms with E-state index in [9.17, 15) is 13.6 Å². The monoisotopic (exact) mass is 347 g/mol. The number of anilines is 1. The summed E-state index contributed by atoms with van der Waals surface area (Å²) >= 11 is 0. The second kappa shape index (κ2) is 8.77. The molecule has 0 saturated heterocycles. The standard InChI is InChI=1S/C18H19F2N3O2/c1-2-3-4-10-25-14-7-5-6-12(16(14)20)11-22-18(24)13-8-9-15(19)23-17(13)21/h3-9H,2,10-11H2,1H3,(H2,21,23)(H,22,24). The van der Waals surface area contributed by atoms with Gasteiger partial charge in [0.15, 0.2) is 11.6 Å². The summed E-state index contributed by atoms with van der Waals surface area (Å²) in [5.74, 6) is -2.00. The molecular formula is C18H19F2N3O2. The molecule has 0 aliphatic heterocycles. The van der Waals surface area contributed by atoms with Gasteiger partial charge < -0.3 is 15.8 Å². The van der Waals surface area contributed by atoms with Crippen molar-refractivity contribution < 1.29 is 18.3 Å². The second-order valence-electron chi connectivity index (χ2n) is 5.17. The molecule has 0 bridgehead atoms. The highest BCUT2D eigenvalue weighted by Crippen LogP contribution is 2.20.